The summed E-state index contributed by atoms with van der Waals surface area (Å²) in [4.78, 5) is 29.2. The first-order chi connectivity index (χ1) is 11.6. The van der Waals surface area contributed by atoms with Gasteiger partial charge >= 0.3 is 0 Å². The van der Waals surface area contributed by atoms with E-state index in [0.29, 0.717) is 19.6 Å². The Balaban J connectivity index is 1.92. The van der Waals surface area contributed by atoms with E-state index in [-0.39, 0.29) is 28.9 Å². The number of nitro groups is 1. The van der Waals surface area contributed by atoms with E-state index in [1.807, 2.05) is 12.1 Å². The van der Waals surface area contributed by atoms with Crippen LogP contribution in [0.2, 0.25) is 0 Å². The van der Waals surface area contributed by atoms with Gasteiger partial charge in [-0.05, 0) is 23.8 Å². The highest BCUT2D eigenvalue weighted by Crippen LogP contribution is 2.27. The average molecular weight is 327 g/mol. The van der Waals surface area contributed by atoms with Crippen LogP contribution in [0.15, 0.2) is 42.7 Å². The minimum absolute atomic E-state index is 0.0423. The minimum atomic E-state index is -0.581. The summed E-state index contributed by atoms with van der Waals surface area (Å²) in [6, 6.07) is 7.72. The maximum Gasteiger partial charge on any atom is 0.292 e. The number of nitrogens with two attached hydrogens (primary N) is 1. The third-order valence-corrected chi connectivity index (χ3v) is 4.05. The zero-order chi connectivity index (χ0) is 17.1. The minimum Gasteiger partial charge on any atom is -0.393 e. The molecule has 8 heteroatoms. The van der Waals surface area contributed by atoms with Crippen molar-refractivity contribution in [3.8, 4) is 0 Å². The molecular weight excluding hydrogens is 310 g/mol. The number of anilines is 1. The molecule has 1 aromatic heterocycles. The van der Waals surface area contributed by atoms with E-state index >= 15 is 0 Å². The second-order valence-corrected chi connectivity index (χ2v) is 5.54. The van der Waals surface area contributed by atoms with Gasteiger partial charge in [0.25, 0.3) is 11.6 Å². The SMILES string of the molecule is Nc1ccc(C(=O)N2CCNCC2c2cccnc2)cc1[N+](=O)[O-]. The summed E-state index contributed by atoms with van der Waals surface area (Å²) in [7, 11) is 0. The molecular formula is C16H17N5O3. The van der Waals surface area contributed by atoms with Crippen molar-refractivity contribution in [1.29, 1.82) is 0 Å². The Morgan fingerprint density at radius 1 is 1.42 bits per heavy atom. The van der Waals surface area contributed by atoms with E-state index in [1.54, 1.807) is 17.3 Å². The number of pyridine rings is 1. The van der Waals surface area contributed by atoms with Crippen LogP contribution in [0.5, 0.6) is 0 Å². The molecule has 1 unspecified atom stereocenters. The lowest BCUT2D eigenvalue weighted by atomic mass is 10.0. The Morgan fingerprint density at radius 2 is 2.25 bits per heavy atom. The van der Waals surface area contributed by atoms with Crippen molar-refractivity contribution < 1.29 is 9.72 Å². The molecule has 1 saturated heterocycles. The van der Waals surface area contributed by atoms with Crippen LogP contribution >= 0.6 is 0 Å². The monoisotopic (exact) mass is 327 g/mol. The van der Waals surface area contributed by atoms with Crippen molar-refractivity contribution in [2.75, 3.05) is 25.4 Å². The molecule has 2 heterocycles. The third-order valence-electron chi connectivity index (χ3n) is 4.05. The van der Waals surface area contributed by atoms with Gasteiger partial charge < -0.3 is 16.0 Å². The topological polar surface area (TPSA) is 114 Å². The number of nitrogens with zero attached hydrogens (tertiary/aromatic N) is 3. The van der Waals surface area contributed by atoms with E-state index in [4.69, 9.17) is 5.73 Å². The molecule has 0 spiro atoms. The highest BCUT2D eigenvalue weighted by Gasteiger charge is 2.29. The van der Waals surface area contributed by atoms with Gasteiger partial charge in [-0.25, -0.2) is 0 Å². The summed E-state index contributed by atoms with van der Waals surface area (Å²) in [6.07, 6.45) is 3.40. The molecule has 24 heavy (non-hydrogen) atoms. The molecule has 1 amide bonds. The predicted octanol–water partition coefficient (Wildman–Crippen LogP) is 1.36. The van der Waals surface area contributed by atoms with Crippen LogP contribution < -0.4 is 11.1 Å². The lowest BCUT2D eigenvalue weighted by Gasteiger charge is -2.36. The number of amides is 1. The van der Waals surface area contributed by atoms with Gasteiger partial charge in [0.05, 0.1) is 11.0 Å². The number of hydrogen-bond acceptors (Lipinski definition) is 6. The number of nitrogens with one attached hydrogen (secondary N) is 1. The summed E-state index contributed by atoms with van der Waals surface area (Å²) in [6.45, 7) is 1.78. The van der Waals surface area contributed by atoms with Crippen molar-refractivity contribution in [2.24, 2.45) is 0 Å². The Morgan fingerprint density at radius 3 is 2.96 bits per heavy atom. The highest BCUT2D eigenvalue weighted by atomic mass is 16.6. The first kappa shape index (κ1) is 15.9. The zero-order valence-electron chi connectivity index (χ0n) is 12.9. The summed E-state index contributed by atoms with van der Waals surface area (Å²) >= 11 is 0. The number of nitro benzene ring substituents is 1. The first-order valence-electron chi connectivity index (χ1n) is 7.53. The van der Waals surface area contributed by atoms with E-state index in [9.17, 15) is 14.9 Å². The van der Waals surface area contributed by atoms with Crippen LogP contribution in [0.1, 0.15) is 22.0 Å². The zero-order valence-corrected chi connectivity index (χ0v) is 12.9. The molecule has 0 saturated carbocycles. The second kappa shape index (κ2) is 6.63. The van der Waals surface area contributed by atoms with Gasteiger partial charge in [-0.15, -0.1) is 0 Å². The van der Waals surface area contributed by atoms with Crippen LogP contribution in [0, 0.1) is 10.1 Å². The van der Waals surface area contributed by atoms with Crippen LogP contribution in [0.4, 0.5) is 11.4 Å². The predicted molar refractivity (Wildman–Crippen MR) is 88.4 cm³/mol. The van der Waals surface area contributed by atoms with Crippen LogP contribution in [0.25, 0.3) is 0 Å². The number of nitrogen functional groups attached to an aromatic ring is 1. The fourth-order valence-electron chi connectivity index (χ4n) is 2.82. The maximum absolute atomic E-state index is 12.9. The van der Waals surface area contributed by atoms with Gasteiger partial charge in [0.15, 0.2) is 0 Å². The summed E-state index contributed by atoms with van der Waals surface area (Å²) in [5.41, 5.74) is 6.56. The Kier molecular flexibility index (Phi) is 4.39. The Bertz CT molecular complexity index is 766. The Labute approximate surface area is 138 Å². The van der Waals surface area contributed by atoms with Crippen LogP contribution in [0.3, 0.4) is 0 Å². The molecule has 1 aliphatic rings. The lowest BCUT2D eigenvalue weighted by Crippen LogP contribution is -2.48. The standard InChI is InChI=1S/C16H17N5O3/c17-13-4-3-11(8-14(13)21(23)24)16(22)20-7-6-19-10-15(20)12-2-1-5-18-9-12/h1-5,8-9,15,19H,6-7,10,17H2. The molecule has 3 rings (SSSR count). The highest BCUT2D eigenvalue weighted by molar-refractivity contribution is 5.96. The Hall–Kier alpha value is -3.00. The number of carbonyl (C=O) groups is 1. The number of piperazine rings is 1. The molecule has 8 nitrogen and oxygen atoms in total. The lowest BCUT2D eigenvalue weighted by molar-refractivity contribution is -0.383. The number of aromatic nitrogens is 1. The van der Waals surface area contributed by atoms with Crippen molar-refractivity contribution in [2.45, 2.75) is 6.04 Å². The smallest absolute Gasteiger partial charge is 0.292 e. The molecule has 1 fully saturated rings. The number of rotatable bonds is 3. The van der Waals surface area contributed by atoms with Crippen molar-refractivity contribution >= 4 is 17.3 Å². The molecule has 2 aromatic rings. The van der Waals surface area contributed by atoms with Crippen molar-refractivity contribution in [1.82, 2.24) is 15.2 Å². The van der Waals surface area contributed by atoms with Gasteiger partial charge in [0, 0.05) is 43.7 Å². The largest absolute Gasteiger partial charge is 0.393 e. The quantitative estimate of drug-likeness (QED) is 0.500. The molecule has 0 bridgehead atoms. The molecule has 0 aliphatic carbocycles. The number of hydrogen-bond donors (Lipinski definition) is 2. The van der Waals surface area contributed by atoms with E-state index in [2.05, 4.69) is 10.3 Å². The molecule has 1 atom stereocenters. The van der Waals surface area contributed by atoms with Gasteiger partial charge in [0.2, 0.25) is 0 Å². The van der Waals surface area contributed by atoms with Gasteiger partial charge in [-0.2, -0.15) is 0 Å². The summed E-state index contributed by atoms with van der Waals surface area (Å²) in [5.74, 6) is -0.256. The van der Waals surface area contributed by atoms with Crippen molar-refractivity contribution in [3.63, 3.8) is 0 Å². The van der Waals surface area contributed by atoms with Gasteiger partial charge in [-0.3, -0.25) is 19.9 Å². The second-order valence-electron chi connectivity index (χ2n) is 5.54. The molecule has 1 aliphatic heterocycles. The van der Waals surface area contributed by atoms with E-state index in [1.165, 1.54) is 18.2 Å². The number of carbonyl (C=O) groups excluding carboxylic acids is 1. The van der Waals surface area contributed by atoms with E-state index in [0.717, 1.165) is 5.56 Å². The molecule has 124 valence electrons. The van der Waals surface area contributed by atoms with Crippen LogP contribution in [-0.2, 0) is 0 Å². The third kappa shape index (κ3) is 3.04. The first-order valence-corrected chi connectivity index (χ1v) is 7.53. The van der Waals surface area contributed by atoms with Gasteiger partial charge in [0.1, 0.15) is 5.69 Å². The summed E-state index contributed by atoms with van der Waals surface area (Å²) < 4.78 is 0. The average Bonchev–Trinajstić information content (AvgIpc) is 2.62. The maximum atomic E-state index is 12.9. The fourth-order valence-corrected chi connectivity index (χ4v) is 2.82. The normalized spacial score (nSPS) is 17.5. The van der Waals surface area contributed by atoms with E-state index < -0.39 is 4.92 Å². The summed E-state index contributed by atoms with van der Waals surface area (Å²) in [5, 5.41) is 14.3. The fraction of sp³-hybridized carbons (Fsp3) is 0.250. The van der Waals surface area contributed by atoms with Gasteiger partial charge in [-0.1, -0.05) is 6.07 Å². The van der Waals surface area contributed by atoms with Crippen LogP contribution in [-0.4, -0.2) is 40.3 Å². The number of benzene rings is 1. The molecule has 3 N–H and O–H groups in total. The molecule has 0 radical (unpaired) electrons. The molecule has 1 aromatic carbocycles. The van der Waals surface area contributed by atoms with Crippen molar-refractivity contribution in [3.05, 3.63) is 64.0 Å².